The summed E-state index contributed by atoms with van der Waals surface area (Å²) in [5, 5.41) is 17.4. The van der Waals surface area contributed by atoms with Crippen LogP contribution in [0, 0.1) is 6.92 Å². The van der Waals surface area contributed by atoms with Gasteiger partial charge in [0.25, 0.3) is 0 Å². The molecule has 0 amide bonds. The van der Waals surface area contributed by atoms with E-state index >= 15 is 0 Å². The normalized spacial score (nSPS) is 12.9. The van der Waals surface area contributed by atoms with E-state index in [0.717, 1.165) is 0 Å². The average Bonchev–Trinajstić information content (AvgIpc) is 2.26. The fourth-order valence-electron chi connectivity index (χ4n) is 1.56. The number of nitrogens with one attached hydrogen (secondary N) is 1. The predicted octanol–water partition coefficient (Wildman–Crippen LogP) is 0.855. The highest BCUT2D eigenvalue weighted by atomic mass is 35.5. The average molecular weight is 322 g/mol. The van der Waals surface area contributed by atoms with Crippen molar-refractivity contribution in [2.24, 2.45) is 0 Å². The van der Waals surface area contributed by atoms with Gasteiger partial charge in [0.15, 0.2) is 0 Å². The lowest BCUT2D eigenvalue weighted by Gasteiger charge is -2.15. The molecule has 0 saturated heterocycles. The maximum absolute atomic E-state index is 12.1. The third-order valence-electron chi connectivity index (χ3n) is 2.41. The molecule has 0 aliphatic heterocycles. The van der Waals surface area contributed by atoms with Gasteiger partial charge in [0.2, 0.25) is 10.0 Å². The summed E-state index contributed by atoms with van der Waals surface area (Å²) >= 11 is 5.80. The standard InChI is InChI=1S/C11H12ClNO6S/c1-6-3-2-4-7(12)10(6)20(18,19)13-8(11(16)17)5-9(14)15/h2-4,8,13H,5H2,1H3,(H,14,15)(H,16,17)/t8-/m0/s1. The molecule has 1 rings (SSSR count). The number of benzene rings is 1. The van der Waals surface area contributed by atoms with Crippen LogP contribution in [0.25, 0.3) is 0 Å². The van der Waals surface area contributed by atoms with Crippen molar-refractivity contribution in [1.29, 1.82) is 0 Å². The summed E-state index contributed by atoms with van der Waals surface area (Å²) in [6.07, 6.45) is -0.877. The molecule has 20 heavy (non-hydrogen) atoms. The Morgan fingerprint density at radius 3 is 2.40 bits per heavy atom. The number of carboxylic acid groups (broad SMARTS) is 2. The number of sulfonamides is 1. The zero-order valence-electron chi connectivity index (χ0n) is 10.3. The Kier molecular flexibility index (Phi) is 5.09. The molecule has 0 heterocycles. The molecule has 0 bridgehead atoms. The third-order valence-corrected chi connectivity index (χ3v) is 4.51. The van der Waals surface area contributed by atoms with Crippen LogP contribution in [0.1, 0.15) is 12.0 Å². The Morgan fingerprint density at radius 1 is 1.35 bits per heavy atom. The van der Waals surface area contributed by atoms with Gasteiger partial charge in [-0.15, -0.1) is 0 Å². The minimum Gasteiger partial charge on any atom is -0.481 e. The van der Waals surface area contributed by atoms with E-state index in [9.17, 15) is 18.0 Å². The number of hydrogen-bond donors (Lipinski definition) is 3. The fourth-order valence-corrected chi connectivity index (χ4v) is 3.58. The fraction of sp³-hybridized carbons (Fsp3) is 0.273. The molecule has 0 spiro atoms. The van der Waals surface area contributed by atoms with Crippen LogP contribution in [0.3, 0.4) is 0 Å². The van der Waals surface area contributed by atoms with Crippen LogP contribution in [0.2, 0.25) is 5.02 Å². The molecule has 1 aromatic carbocycles. The highest BCUT2D eigenvalue weighted by Crippen LogP contribution is 2.24. The highest BCUT2D eigenvalue weighted by molar-refractivity contribution is 7.89. The number of rotatable bonds is 6. The molecule has 3 N–H and O–H groups in total. The van der Waals surface area contributed by atoms with Crippen LogP contribution < -0.4 is 4.72 Å². The maximum atomic E-state index is 12.1. The van der Waals surface area contributed by atoms with E-state index in [2.05, 4.69) is 0 Å². The van der Waals surface area contributed by atoms with Crippen LogP contribution in [0.5, 0.6) is 0 Å². The van der Waals surface area contributed by atoms with Gasteiger partial charge >= 0.3 is 11.9 Å². The van der Waals surface area contributed by atoms with Crippen molar-refractivity contribution >= 4 is 33.6 Å². The molecule has 1 aromatic rings. The Morgan fingerprint density at radius 2 is 1.95 bits per heavy atom. The lowest BCUT2D eigenvalue weighted by molar-refractivity contribution is -0.145. The van der Waals surface area contributed by atoms with E-state index in [1.165, 1.54) is 19.1 Å². The monoisotopic (exact) mass is 321 g/mol. The first-order valence-corrected chi connectivity index (χ1v) is 7.23. The van der Waals surface area contributed by atoms with Gasteiger partial charge in [0.05, 0.1) is 11.4 Å². The van der Waals surface area contributed by atoms with Crippen molar-refractivity contribution in [3.63, 3.8) is 0 Å². The Hall–Kier alpha value is -1.64. The predicted molar refractivity (Wildman–Crippen MR) is 70.2 cm³/mol. The van der Waals surface area contributed by atoms with Gasteiger partial charge in [-0.3, -0.25) is 9.59 Å². The molecular weight excluding hydrogens is 310 g/mol. The van der Waals surface area contributed by atoms with Gasteiger partial charge in [-0.1, -0.05) is 23.7 Å². The first-order valence-electron chi connectivity index (χ1n) is 5.37. The van der Waals surface area contributed by atoms with Crippen molar-refractivity contribution in [3.8, 4) is 0 Å². The third kappa shape index (κ3) is 3.92. The molecule has 0 fully saturated rings. The Balaban J connectivity index is 3.17. The van der Waals surface area contributed by atoms with Gasteiger partial charge in [-0.05, 0) is 18.6 Å². The SMILES string of the molecule is Cc1cccc(Cl)c1S(=O)(=O)N[C@@H](CC(=O)O)C(=O)O. The van der Waals surface area contributed by atoms with Gasteiger partial charge in [0.1, 0.15) is 10.9 Å². The topological polar surface area (TPSA) is 121 Å². The van der Waals surface area contributed by atoms with Gasteiger partial charge < -0.3 is 10.2 Å². The van der Waals surface area contributed by atoms with Gasteiger partial charge in [-0.25, -0.2) is 8.42 Å². The molecule has 110 valence electrons. The summed E-state index contributed by atoms with van der Waals surface area (Å²) in [5.74, 6) is -3.02. The van der Waals surface area contributed by atoms with Crippen LogP contribution in [0.4, 0.5) is 0 Å². The molecule has 1 atom stereocenters. The van der Waals surface area contributed by atoms with E-state index in [0.29, 0.717) is 5.56 Å². The van der Waals surface area contributed by atoms with E-state index < -0.39 is 34.4 Å². The van der Waals surface area contributed by atoms with Gasteiger partial charge in [0, 0.05) is 0 Å². The van der Waals surface area contributed by atoms with Gasteiger partial charge in [-0.2, -0.15) is 4.72 Å². The summed E-state index contributed by atoms with van der Waals surface area (Å²) < 4.78 is 26.1. The summed E-state index contributed by atoms with van der Waals surface area (Å²) in [6.45, 7) is 1.49. The van der Waals surface area contributed by atoms with E-state index in [-0.39, 0.29) is 9.92 Å². The summed E-state index contributed by atoms with van der Waals surface area (Å²) in [5.41, 5.74) is 0.324. The zero-order valence-corrected chi connectivity index (χ0v) is 11.9. The smallest absolute Gasteiger partial charge is 0.322 e. The van der Waals surface area contributed by atoms with E-state index in [1.807, 2.05) is 4.72 Å². The van der Waals surface area contributed by atoms with Crippen molar-refractivity contribution in [1.82, 2.24) is 4.72 Å². The zero-order chi connectivity index (χ0) is 15.5. The summed E-state index contributed by atoms with van der Waals surface area (Å²) in [4.78, 5) is 21.2. The Bertz CT molecular complexity index is 622. The highest BCUT2D eigenvalue weighted by Gasteiger charge is 2.29. The first-order chi connectivity index (χ1) is 9.15. The minimum absolute atomic E-state index is 0.0723. The molecule has 0 aliphatic carbocycles. The van der Waals surface area contributed by atoms with Crippen LogP contribution in [0.15, 0.2) is 23.1 Å². The molecule has 9 heteroatoms. The number of halogens is 1. The second-order valence-electron chi connectivity index (χ2n) is 4.00. The van der Waals surface area contributed by atoms with Crippen LogP contribution in [-0.2, 0) is 19.6 Å². The molecule has 0 unspecified atom stereocenters. The Labute approximate surface area is 120 Å². The van der Waals surface area contributed by atoms with Crippen molar-refractivity contribution in [2.75, 3.05) is 0 Å². The second-order valence-corrected chi connectivity index (χ2v) is 6.05. The molecule has 7 nitrogen and oxygen atoms in total. The van der Waals surface area contributed by atoms with Crippen LogP contribution in [-0.4, -0.2) is 36.6 Å². The maximum Gasteiger partial charge on any atom is 0.322 e. The lowest BCUT2D eigenvalue weighted by atomic mass is 10.2. The minimum atomic E-state index is -4.24. The number of aliphatic carboxylic acids is 2. The molecule has 0 saturated carbocycles. The van der Waals surface area contributed by atoms with Crippen LogP contribution >= 0.6 is 11.6 Å². The van der Waals surface area contributed by atoms with Crippen molar-refractivity contribution in [3.05, 3.63) is 28.8 Å². The summed E-state index contributed by atoms with van der Waals surface area (Å²) in [7, 11) is -4.24. The van der Waals surface area contributed by atoms with Crippen molar-refractivity contribution in [2.45, 2.75) is 24.3 Å². The quantitative estimate of drug-likeness (QED) is 0.714. The molecule has 0 aromatic heterocycles. The summed E-state index contributed by atoms with van der Waals surface area (Å²) in [6, 6.07) is 2.61. The number of carboxylic acids is 2. The van der Waals surface area contributed by atoms with E-state index in [1.54, 1.807) is 6.07 Å². The molecular formula is C11H12ClNO6S. The second kappa shape index (κ2) is 6.21. The van der Waals surface area contributed by atoms with Crippen molar-refractivity contribution < 1.29 is 28.2 Å². The molecule has 0 radical (unpaired) electrons. The largest absolute Gasteiger partial charge is 0.481 e. The number of carbonyl (C=O) groups is 2. The first kappa shape index (κ1) is 16.4. The lowest BCUT2D eigenvalue weighted by Crippen LogP contribution is -2.42. The molecule has 0 aliphatic rings. The number of aryl methyl sites for hydroxylation is 1. The number of hydrogen-bond acceptors (Lipinski definition) is 4. The van der Waals surface area contributed by atoms with E-state index in [4.69, 9.17) is 21.8 Å².